The number of nitrogens with one attached hydrogen (secondary N) is 1. The summed E-state index contributed by atoms with van der Waals surface area (Å²) in [4.78, 5) is 28.4. The molecule has 0 bridgehead atoms. The molecule has 0 aromatic heterocycles. The molecule has 5 heteroatoms. The summed E-state index contributed by atoms with van der Waals surface area (Å²) in [5, 5.41) is 2.92. The van der Waals surface area contributed by atoms with E-state index in [2.05, 4.69) is 61.3 Å². The fraction of sp³-hybridized carbons (Fsp3) is 0.533. The summed E-state index contributed by atoms with van der Waals surface area (Å²) < 4.78 is 0. The van der Waals surface area contributed by atoms with Gasteiger partial charge < -0.3 is 19.9 Å². The molecule has 0 fully saturated rings. The van der Waals surface area contributed by atoms with Crippen LogP contribution in [0.4, 0.5) is 0 Å². The molecule has 0 saturated carbocycles. The van der Waals surface area contributed by atoms with Crippen LogP contribution in [0.1, 0.15) is 55.9 Å². The first-order valence-electron chi connectivity index (χ1n) is 13.0. The Balaban J connectivity index is 0.000000353. The highest BCUT2D eigenvalue weighted by Crippen LogP contribution is 2.25. The third-order valence-electron chi connectivity index (χ3n) is 6.88. The number of likely N-dealkylation sites (N-methyl/N-ethyl adjacent to an activating group) is 1. The van der Waals surface area contributed by atoms with Crippen LogP contribution in [0.3, 0.4) is 0 Å². The number of carbonyl (C=O) groups excluding carboxylic acids is 2. The summed E-state index contributed by atoms with van der Waals surface area (Å²) in [7, 11) is 5.81. The van der Waals surface area contributed by atoms with E-state index < -0.39 is 0 Å². The first kappa shape index (κ1) is 28.7. The number of benzene rings is 2. The summed E-state index contributed by atoms with van der Waals surface area (Å²) >= 11 is 0. The van der Waals surface area contributed by atoms with Crippen LogP contribution in [0.25, 0.3) is 0 Å². The fourth-order valence-corrected chi connectivity index (χ4v) is 4.99. The predicted octanol–water partition coefficient (Wildman–Crippen LogP) is 4.72. The van der Waals surface area contributed by atoms with Crippen LogP contribution in [0.2, 0.25) is 0 Å². The summed E-state index contributed by atoms with van der Waals surface area (Å²) in [5.74, 6) is 1.02. The molecule has 192 valence electrons. The fourth-order valence-electron chi connectivity index (χ4n) is 4.99. The minimum atomic E-state index is -0.386. The predicted molar refractivity (Wildman–Crippen MR) is 145 cm³/mol. The Morgan fingerprint density at radius 3 is 1.94 bits per heavy atom. The lowest BCUT2D eigenvalue weighted by atomic mass is 9.93. The van der Waals surface area contributed by atoms with Crippen molar-refractivity contribution in [2.75, 3.05) is 27.7 Å². The topological polar surface area (TPSA) is 52.7 Å². The van der Waals surface area contributed by atoms with E-state index >= 15 is 0 Å². The van der Waals surface area contributed by atoms with Crippen LogP contribution in [-0.2, 0) is 35.5 Å². The minimum Gasteiger partial charge on any atom is -0.327 e. The Hall–Kier alpha value is -2.50. The van der Waals surface area contributed by atoms with E-state index in [1.165, 1.54) is 18.4 Å². The van der Waals surface area contributed by atoms with Gasteiger partial charge in [0, 0.05) is 13.1 Å². The largest absolute Gasteiger partial charge is 0.327 e. The van der Waals surface area contributed by atoms with Crippen molar-refractivity contribution in [3.63, 3.8) is 0 Å². The molecule has 1 aliphatic rings. The molecular formula is C30H45N3O2. The van der Waals surface area contributed by atoms with Crippen LogP contribution in [0.15, 0.2) is 48.5 Å². The van der Waals surface area contributed by atoms with Gasteiger partial charge in [-0.05, 0) is 68.1 Å². The van der Waals surface area contributed by atoms with Crippen molar-refractivity contribution < 1.29 is 9.59 Å². The minimum absolute atomic E-state index is 0.0360. The number of hydrogen-bond donors (Lipinski definition) is 1. The Morgan fingerprint density at radius 2 is 1.49 bits per heavy atom. The highest BCUT2D eigenvalue weighted by molar-refractivity contribution is 5.81. The smallest absolute Gasteiger partial charge is 0.237 e. The van der Waals surface area contributed by atoms with Crippen molar-refractivity contribution in [1.82, 2.24) is 15.1 Å². The van der Waals surface area contributed by atoms with E-state index in [4.69, 9.17) is 0 Å². The van der Waals surface area contributed by atoms with E-state index in [1.54, 1.807) is 23.1 Å². The number of hydrogen-bond acceptors (Lipinski definition) is 4. The van der Waals surface area contributed by atoms with Gasteiger partial charge in [0.15, 0.2) is 0 Å². The molecule has 1 unspecified atom stereocenters. The molecule has 0 spiro atoms. The molecule has 1 atom stereocenters. The van der Waals surface area contributed by atoms with Crippen molar-refractivity contribution in [3.8, 4) is 0 Å². The average molecular weight is 480 g/mol. The van der Waals surface area contributed by atoms with Gasteiger partial charge >= 0.3 is 0 Å². The van der Waals surface area contributed by atoms with Crippen LogP contribution < -0.4 is 5.32 Å². The zero-order valence-corrected chi connectivity index (χ0v) is 22.6. The summed E-state index contributed by atoms with van der Waals surface area (Å²) in [6, 6.07) is 16.5. The summed E-state index contributed by atoms with van der Waals surface area (Å²) in [6.07, 6.45) is 5.28. The highest BCUT2D eigenvalue weighted by atomic mass is 16.2. The molecule has 0 radical (unpaired) electrons. The Morgan fingerprint density at radius 1 is 0.971 bits per heavy atom. The van der Waals surface area contributed by atoms with Crippen LogP contribution in [0, 0.1) is 11.8 Å². The van der Waals surface area contributed by atoms with Crippen molar-refractivity contribution in [2.24, 2.45) is 11.8 Å². The zero-order valence-electron chi connectivity index (χ0n) is 22.6. The molecule has 1 aliphatic carbocycles. The van der Waals surface area contributed by atoms with E-state index in [0.717, 1.165) is 37.2 Å². The molecule has 1 amide bonds. The molecule has 2 aromatic carbocycles. The number of nitrogens with zero attached hydrogens (tertiary/aromatic N) is 2. The lowest BCUT2D eigenvalue weighted by Gasteiger charge is -2.34. The van der Waals surface area contributed by atoms with Gasteiger partial charge in [-0.25, -0.2) is 0 Å². The van der Waals surface area contributed by atoms with Gasteiger partial charge in [-0.3, -0.25) is 4.79 Å². The van der Waals surface area contributed by atoms with E-state index in [-0.39, 0.29) is 24.4 Å². The monoisotopic (exact) mass is 479 g/mol. The molecule has 5 nitrogen and oxygen atoms in total. The van der Waals surface area contributed by atoms with E-state index in [9.17, 15) is 9.59 Å². The van der Waals surface area contributed by atoms with Crippen molar-refractivity contribution in [2.45, 2.75) is 65.6 Å². The van der Waals surface area contributed by atoms with Crippen LogP contribution in [-0.4, -0.2) is 55.7 Å². The average Bonchev–Trinajstić information content (AvgIpc) is 3.22. The van der Waals surface area contributed by atoms with Gasteiger partial charge in [-0.1, -0.05) is 82.1 Å². The third-order valence-corrected chi connectivity index (χ3v) is 6.88. The molecular weight excluding hydrogens is 434 g/mol. The van der Waals surface area contributed by atoms with Crippen molar-refractivity contribution >= 4 is 12.2 Å². The van der Waals surface area contributed by atoms with Gasteiger partial charge in [-0.2, -0.15) is 0 Å². The lowest BCUT2D eigenvalue weighted by molar-refractivity contribution is -0.138. The normalized spacial score (nSPS) is 13.8. The number of amides is 1. The third kappa shape index (κ3) is 8.59. The van der Waals surface area contributed by atoms with Crippen molar-refractivity contribution in [3.05, 3.63) is 70.8 Å². The second-order valence-corrected chi connectivity index (χ2v) is 10.0. The van der Waals surface area contributed by atoms with Gasteiger partial charge in [0.25, 0.3) is 0 Å². The van der Waals surface area contributed by atoms with Gasteiger partial charge in [0.1, 0.15) is 6.29 Å². The molecule has 3 rings (SSSR count). The SMILES string of the molecule is CC1Cc2ccccc2C1.CCC(CC)C(C=O)N(Cc1ccccc1CN(C)C)C(=O)CNC. The maximum Gasteiger partial charge on any atom is 0.237 e. The standard InChI is InChI=1S/C20H33N3O2.C10H12/c1-6-16(7-2)19(15-24)23(20(25)12-21-3)14-18-11-9-8-10-17(18)13-22(4)5;1-8-6-9-4-2-3-5-10(9)7-8/h8-11,15-16,19,21H,6-7,12-14H2,1-5H3;2-5,8H,6-7H2,1H3. The number of rotatable bonds is 11. The quantitative estimate of drug-likeness (QED) is 0.474. The maximum absolute atomic E-state index is 12.7. The first-order chi connectivity index (χ1) is 16.8. The highest BCUT2D eigenvalue weighted by Gasteiger charge is 2.29. The second-order valence-electron chi connectivity index (χ2n) is 10.0. The summed E-state index contributed by atoms with van der Waals surface area (Å²) in [6.45, 7) is 7.97. The zero-order chi connectivity index (χ0) is 25.8. The second kappa shape index (κ2) is 14.8. The molecule has 2 aromatic rings. The number of aldehydes is 1. The van der Waals surface area contributed by atoms with Gasteiger partial charge in [-0.15, -0.1) is 0 Å². The first-order valence-corrected chi connectivity index (χ1v) is 13.0. The number of carbonyl (C=O) groups is 2. The van der Waals surface area contributed by atoms with E-state index in [0.29, 0.717) is 6.54 Å². The number of fused-ring (bicyclic) bond motifs is 1. The van der Waals surface area contributed by atoms with Gasteiger partial charge in [0.2, 0.25) is 5.91 Å². The summed E-state index contributed by atoms with van der Waals surface area (Å²) in [5.41, 5.74) is 5.41. The van der Waals surface area contributed by atoms with E-state index in [1.807, 2.05) is 32.3 Å². The Labute approximate surface area is 212 Å². The molecule has 35 heavy (non-hydrogen) atoms. The van der Waals surface area contributed by atoms with Crippen LogP contribution in [0.5, 0.6) is 0 Å². The lowest BCUT2D eigenvalue weighted by Crippen LogP contribution is -2.48. The molecule has 0 heterocycles. The van der Waals surface area contributed by atoms with Crippen LogP contribution >= 0.6 is 0 Å². The molecule has 0 aliphatic heterocycles. The molecule has 1 N–H and O–H groups in total. The maximum atomic E-state index is 12.7. The molecule has 0 saturated heterocycles. The van der Waals surface area contributed by atoms with Crippen molar-refractivity contribution in [1.29, 1.82) is 0 Å². The Bertz CT molecular complexity index is 898. The Kier molecular flexibility index (Phi) is 12.1. The van der Waals surface area contributed by atoms with Gasteiger partial charge in [0.05, 0.1) is 12.6 Å².